The molecule has 6 heteroatoms. The van der Waals surface area contributed by atoms with Crippen molar-refractivity contribution >= 4 is 22.6 Å². The number of aromatic nitrogens is 2. The Hall–Kier alpha value is -2.86. The summed E-state index contributed by atoms with van der Waals surface area (Å²) in [6, 6.07) is 16.9. The van der Waals surface area contributed by atoms with E-state index in [1.165, 1.54) is 5.69 Å². The van der Waals surface area contributed by atoms with Gasteiger partial charge in [0.25, 0.3) is 0 Å². The molecule has 0 bridgehead atoms. The summed E-state index contributed by atoms with van der Waals surface area (Å²) < 4.78 is 2.16. The van der Waals surface area contributed by atoms with Gasteiger partial charge in [0.05, 0.1) is 17.0 Å². The van der Waals surface area contributed by atoms with Gasteiger partial charge in [-0.2, -0.15) is 0 Å². The third-order valence-corrected chi connectivity index (χ3v) is 6.84. The number of carbonyl (C=O) groups excluding carboxylic acids is 1. The number of carbonyl (C=O) groups is 1. The second-order valence-electron chi connectivity index (χ2n) is 8.95. The molecule has 1 atom stereocenters. The first-order valence-electron chi connectivity index (χ1n) is 11.3. The number of likely N-dealkylation sites (N-methyl/N-ethyl adjacent to an activating group) is 1. The fourth-order valence-corrected chi connectivity index (χ4v) is 4.94. The number of hydrogen-bond donors (Lipinski definition) is 0. The quantitative estimate of drug-likeness (QED) is 0.656. The normalized spacial score (nSPS) is 20.4. The van der Waals surface area contributed by atoms with E-state index in [1.807, 2.05) is 6.07 Å². The van der Waals surface area contributed by atoms with E-state index in [-0.39, 0.29) is 5.92 Å². The Morgan fingerprint density at radius 2 is 1.77 bits per heavy atom. The van der Waals surface area contributed by atoms with Crippen LogP contribution in [0.25, 0.3) is 22.4 Å². The van der Waals surface area contributed by atoms with E-state index in [2.05, 4.69) is 75.8 Å². The van der Waals surface area contributed by atoms with Crippen LogP contribution in [0.2, 0.25) is 0 Å². The van der Waals surface area contributed by atoms with Gasteiger partial charge in [0.1, 0.15) is 5.82 Å². The van der Waals surface area contributed by atoms with Gasteiger partial charge in [0.2, 0.25) is 5.91 Å². The van der Waals surface area contributed by atoms with Gasteiger partial charge in [0.15, 0.2) is 0 Å². The topological polar surface area (TPSA) is 44.6 Å². The lowest BCUT2D eigenvalue weighted by molar-refractivity contribution is -0.137. The molecule has 1 aromatic heterocycles. The molecule has 0 unspecified atom stereocenters. The number of piperazine rings is 1. The summed E-state index contributed by atoms with van der Waals surface area (Å²) >= 11 is 0. The number of aryl methyl sites for hydroxylation is 1. The first-order chi connectivity index (χ1) is 15.1. The van der Waals surface area contributed by atoms with Crippen molar-refractivity contribution in [1.82, 2.24) is 19.4 Å². The van der Waals surface area contributed by atoms with E-state index in [4.69, 9.17) is 4.98 Å². The van der Waals surface area contributed by atoms with Crippen molar-refractivity contribution in [1.29, 1.82) is 0 Å². The van der Waals surface area contributed by atoms with E-state index in [0.29, 0.717) is 5.91 Å². The van der Waals surface area contributed by atoms with Gasteiger partial charge >= 0.3 is 0 Å². The summed E-state index contributed by atoms with van der Waals surface area (Å²) in [5.41, 5.74) is 4.45. The van der Waals surface area contributed by atoms with Crippen molar-refractivity contribution in [2.45, 2.75) is 12.8 Å². The molecule has 1 amide bonds. The highest BCUT2D eigenvalue weighted by molar-refractivity contribution is 5.82. The zero-order chi connectivity index (χ0) is 21.4. The van der Waals surface area contributed by atoms with Crippen LogP contribution in [0.5, 0.6) is 0 Å². The van der Waals surface area contributed by atoms with Crippen LogP contribution in [0.3, 0.4) is 0 Å². The molecular formula is C25H31N5O. The first-order valence-corrected chi connectivity index (χ1v) is 11.3. The fraction of sp³-hybridized carbons (Fsp3) is 0.440. The average molecular weight is 418 g/mol. The number of piperidine rings is 1. The summed E-state index contributed by atoms with van der Waals surface area (Å²) in [5, 5.41) is 0. The Labute approximate surface area is 184 Å². The molecule has 6 nitrogen and oxygen atoms in total. The highest BCUT2D eigenvalue weighted by Crippen LogP contribution is 2.30. The Morgan fingerprint density at radius 1 is 0.968 bits per heavy atom. The maximum absolute atomic E-state index is 13.1. The highest BCUT2D eigenvalue weighted by Gasteiger charge is 2.30. The summed E-state index contributed by atoms with van der Waals surface area (Å²) in [6.45, 7) is 5.46. The number of fused-ring (bicyclic) bond motifs is 1. The molecule has 0 radical (unpaired) electrons. The number of imidazole rings is 1. The number of anilines is 1. The molecule has 5 rings (SSSR count). The predicted molar refractivity (Wildman–Crippen MR) is 125 cm³/mol. The molecule has 2 aliphatic rings. The van der Waals surface area contributed by atoms with E-state index in [0.717, 1.165) is 74.5 Å². The second kappa shape index (κ2) is 8.35. The molecule has 3 aromatic rings. The third kappa shape index (κ3) is 3.92. The van der Waals surface area contributed by atoms with Gasteiger partial charge in [-0.15, -0.1) is 0 Å². The molecule has 0 N–H and O–H groups in total. The Morgan fingerprint density at radius 3 is 2.58 bits per heavy atom. The smallest absolute Gasteiger partial charge is 0.227 e. The summed E-state index contributed by atoms with van der Waals surface area (Å²) in [6.07, 6.45) is 2.05. The van der Waals surface area contributed by atoms with E-state index >= 15 is 0 Å². The monoisotopic (exact) mass is 417 g/mol. The fourth-order valence-electron chi connectivity index (χ4n) is 4.94. The molecule has 0 spiro atoms. The molecule has 0 aliphatic carbocycles. The molecule has 31 heavy (non-hydrogen) atoms. The number of amides is 1. The largest absolute Gasteiger partial charge is 0.371 e. The SMILES string of the molecule is CN1CCN(C(=O)[C@H]2CCCN(c3cccc(-c4nc5ccccc5n4C)c3)C2)CC1. The minimum atomic E-state index is 0.0940. The highest BCUT2D eigenvalue weighted by atomic mass is 16.2. The van der Waals surface area contributed by atoms with Crippen molar-refractivity contribution < 1.29 is 4.79 Å². The molecule has 0 saturated carbocycles. The lowest BCUT2D eigenvalue weighted by atomic mass is 9.95. The molecule has 2 aliphatic heterocycles. The Balaban J connectivity index is 1.35. The lowest BCUT2D eigenvalue weighted by Crippen LogP contribution is -2.51. The van der Waals surface area contributed by atoms with Gasteiger partial charge in [-0.05, 0) is 44.2 Å². The summed E-state index contributed by atoms with van der Waals surface area (Å²) in [7, 11) is 4.20. The number of benzene rings is 2. The summed E-state index contributed by atoms with van der Waals surface area (Å²) in [4.78, 5) is 24.7. The predicted octanol–water partition coefficient (Wildman–Crippen LogP) is 3.23. The van der Waals surface area contributed by atoms with Gasteiger partial charge < -0.3 is 19.3 Å². The minimum Gasteiger partial charge on any atom is -0.371 e. The van der Waals surface area contributed by atoms with Gasteiger partial charge in [0, 0.05) is 57.6 Å². The van der Waals surface area contributed by atoms with Crippen LogP contribution in [-0.4, -0.2) is 71.6 Å². The number of rotatable bonds is 3. The molecule has 3 heterocycles. The Bertz CT molecular complexity index is 1080. The lowest BCUT2D eigenvalue weighted by Gasteiger charge is -2.39. The Kier molecular flexibility index (Phi) is 5.40. The second-order valence-corrected chi connectivity index (χ2v) is 8.95. The van der Waals surface area contributed by atoms with Gasteiger partial charge in [-0.25, -0.2) is 4.98 Å². The van der Waals surface area contributed by atoms with Crippen LogP contribution >= 0.6 is 0 Å². The maximum Gasteiger partial charge on any atom is 0.227 e. The minimum absolute atomic E-state index is 0.0940. The van der Waals surface area contributed by atoms with Crippen molar-refractivity contribution in [2.75, 3.05) is 51.2 Å². The van der Waals surface area contributed by atoms with Crippen molar-refractivity contribution in [3.8, 4) is 11.4 Å². The van der Waals surface area contributed by atoms with Crippen molar-refractivity contribution in [3.05, 3.63) is 48.5 Å². The van der Waals surface area contributed by atoms with Crippen molar-refractivity contribution in [3.63, 3.8) is 0 Å². The van der Waals surface area contributed by atoms with Crippen LogP contribution in [-0.2, 0) is 11.8 Å². The van der Waals surface area contributed by atoms with Crippen LogP contribution in [0.4, 0.5) is 5.69 Å². The van der Waals surface area contributed by atoms with Crippen LogP contribution in [0.15, 0.2) is 48.5 Å². The average Bonchev–Trinajstić information content (AvgIpc) is 3.16. The van der Waals surface area contributed by atoms with Crippen LogP contribution in [0, 0.1) is 5.92 Å². The van der Waals surface area contributed by atoms with Crippen LogP contribution < -0.4 is 4.90 Å². The third-order valence-electron chi connectivity index (χ3n) is 6.84. The van der Waals surface area contributed by atoms with E-state index in [1.54, 1.807) is 0 Å². The molecule has 2 fully saturated rings. The summed E-state index contributed by atoms with van der Waals surface area (Å²) in [5.74, 6) is 1.41. The molecule has 2 aromatic carbocycles. The van der Waals surface area contributed by atoms with Gasteiger partial charge in [-0.3, -0.25) is 4.79 Å². The molecular weight excluding hydrogens is 386 g/mol. The standard InChI is InChI=1S/C25H31N5O/c1-27-13-15-29(16-14-27)25(31)20-8-6-12-30(18-20)21-9-5-7-19(17-21)24-26-22-10-3-4-11-23(22)28(24)2/h3-5,7,9-11,17,20H,6,8,12-16,18H2,1-2H3/t20-/m0/s1. The van der Waals surface area contributed by atoms with Gasteiger partial charge in [-0.1, -0.05) is 24.3 Å². The molecule has 2 saturated heterocycles. The zero-order valence-corrected chi connectivity index (χ0v) is 18.5. The molecule has 162 valence electrons. The van der Waals surface area contributed by atoms with Crippen LogP contribution in [0.1, 0.15) is 12.8 Å². The van der Waals surface area contributed by atoms with Crippen molar-refractivity contribution in [2.24, 2.45) is 13.0 Å². The zero-order valence-electron chi connectivity index (χ0n) is 18.5. The maximum atomic E-state index is 13.1. The number of para-hydroxylation sites is 2. The number of nitrogens with zero attached hydrogens (tertiary/aromatic N) is 5. The van der Waals surface area contributed by atoms with E-state index in [9.17, 15) is 4.79 Å². The number of hydrogen-bond acceptors (Lipinski definition) is 4. The van der Waals surface area contributed by atoms with E-state index < -0.39 is 0 Å². The first kappa shape index (κ1) is 20.1.